The number of aliphatic hydroxyl groups is 1. The Balaban J connectivity index is 2.03. The normalized spacial score (nSPS) is 23.3. The lowest BCUT2D eigenvalue weighted by molar-refractivity contribution is 0.0464. The standard InChI is InChI=1S/C13H16ClFN2O2/c1-8-4-5-17(7-12(8)18)13(19)16-11-6-9(15)2-3-10(11)14/h2-3,6,8,12,18H,4-5,7H2,1H3,(H,16,19). The van der Waals surface area contributed by atoms with Crippen molar-refractivity contribution in [2.24, 2.45) is 5.92 Å². The number of aliphatic hydroxyl groups excluding tert-OH is 1. The van der Waals surface area contributed by atoms with Crippen LogP contribution in [0.4, 0.5) is 14.9 Å². The molecule has 2 amide bonds. The van der Waals surface area contributed by atoms with Crippen LogP contribution in [0.15, 0.2) is 18.2 Å². The second-order valence-electron chi connectivity index (χ2n) is 4.83. The number of carbonyl (C=O) groups is 1. The van der Waals surface area contributed by atoms with E-state index in [4.69, 9.17) is 11.6 Å². The number of nitrogens with one attached hydrogen (secondary N) is 1. The van der Waals surface area contributed by atoms with Gasteiger partial charge in [-0.1, -0.05) is 18.5 Å². The number of benzene rings is 1. The lowest BCUT2D eigenvalue weighted by Gasteiger charge is -2.34. The molecule has 2 rings (SSSR count). The Morgan fingerprint density at radius 3 is 3.00 bits per heavy atom. The molecule has 2 unspecified atom stereocenters. The first-order valence-electron chi connectivity index (χ1n) is 6.16. The largest absolute Gasteiger partial charge is 0.391 e. The summed E-state index contributed by atoms with van der Waals surface area (Å²) in [6.07, 6.45) is 0.216. The molecule has 0 aliphatic carbocycles. The Morgan fingerprint density at radius 2 is 2.32 bits per heavy atom. The second-order valence-corrected chi connectivity index (χ2v) is 5.24. The van der Waals surface area contributed by atoms with E-state index in [-0.39, 0.29) is 29.2 Å². The van der Waals surface area contributed by atoms with Gasteiger partial charge in [0.2, 0.25) is 0 Å². The number of urea groups is 1. The summed E-state index contributed by atoms with van der Waals surface area (Å²) >= 11 is 5.88. The van der Waals surface area contributed by atoms with Gasteiger partial charge in [0.25, 0.3) is 0 Å². The van der Waals surface area contributed by atoms with Crippen molar-refractivity contribution in [3.63, 3.8) is 0 Å². The fourth-order valence-corrected chi connectivity index (χ4v) is 2.19. The third-order valence-electron chi connectivity index (χ3n) is 3.38. The lowest BCUT2D eigenvalue weighted by Crippen LogP contribution is -2.47. The molecule has 0 saturated carbocycles. The number of likely N-dealkylation sites (tertiary alicyclic amines) is 1. The van der Waals surface area contributed by atoms with Gasteiger partial charge in [-0.3, -0.25) is 0 Å². The van der Waals surface area contributed by atoms with Crippen LogP contribution in [0.2, 0.25) is 5.02 Å². The predicted molar refractivity (Wildman–Crippen MR) is 71.8 cm³/mol. The highest BCUT2D eigenvalue weighted by molar-refractivity contribution is 6.33. The maximum absolute atomic E-state index is 13.1. The second kappa shape index (κ2) is 5.75. The van der Waals surface area contributed by atoms with Crippen LogP contribution >= 0.6 is 11.6 Å². The van der Waals surface area contributed by atoms with Gasteiger partial charge in [0.15, 0.2) is 0 Å². The van der Waals surface area contributed by atoms with Crippen LogP contribution in [0.3, 0.4) is 0 Å². The average Bonchev–Trinajstić information content (AvgIpc) is 2.37. The Hall–Kier alpha value is -1.33. The molecule has 1 heterocycles. The van der Waals surface area contributed by atoms with Crippen LogP contribution in [0.25, 0.3) is 0 Å². The molecule has 0 aromatic heterocycles. The molecule has 0 radical (unpaired) electrons. The van der Waals surface area contributed by atoms with Crippen molar-refractivity contribution >= 4 is 23.3 Å². The molecular formula is C13H16ClFN2O2. The van der Waals surface area contributed by atoms with E-state index in [1.807, 2.05) is 6.92 Å². The molecule has 2 N–H and O–H groups in total. The van der Waals surface area contributed by atoms with E-state index in [1.165, 1.54) is 23.1 Å². The van der Waals surface area contributed by atoms with E-state index in [2.05, 4.69) is 5.32 Å². The zero-order valence-corrected chi connectivity index (χ0v) is 11.3. The van der Waals surface area contributed by atoms with E-state index in [0.29, 0.717) is 6.54 Å². The van der Waals surface area contributed by atoms with E-state index in [9.17, 15) is 14.3 Å². The molecule has 6 heteroatoms. The summed E-state index contributed by atoms with van der Waals surface area (Å²) in [7, 11) is 0. The molecule has 4 nitrogen and oxygen atoms in total. The number of β-amino-alcohol motifs (C(OH)–C–C–N with tert-alkyl or cyclic N) is 1. The molecule has 1 aliphatic heterocycles. The van der Waals surface area contributed by atoms with Gasteiger partial charge in [0.1, 0.15) is 5.82 Å². The lowest BCUT2D eigenvalue weighted by atomic mass is 9.96. The van der Waals surface area contributed by atoms with Crippen LogP contribution in [0.5, 0.6) is 0 Å². The number of nitrogens with zero attached hydrogens (tertiary/aromatic N) is 1. The number of rotatable bonds is 1. The zero-order valence-electron chi connectivity index (χ0n) is 10.6. The third kappa shape index (κ3) is 3.36. The van der Waals surface area contributed by atoms with Crippen molar-refractivity contribution in [3.05, 3.63) is 29.0 Å². The Morgan fingerprint density at radius 1 is 1.58 bits per heavy atom. The Bertz CT molecular complexity index is 484. The number of piperidine rings is 1. The van der Waals surface area contributed by atoms with Gasteiger partial charge in [0.05, 0.1) is 16.8 Å². The first-order chi connectivity index (χ1) is 8.97. The molecule has 0 bridgehead atoms. The van der Waals surface area contributed by atoms with Crippen molar-refractivity contribution < 1.29 is 14.3 Å². The van der Waals surface area contributed by atoms with Gasteiger partial charge in [-0.25, -0.2) is 9.18 Å². The maximum atomic E-state index is 13.1. The summed E-state index contributed by atoms with van der Waals surface area (Å²) in [4.78, 5) is 13.5. The van der Waals surface area contributed by atoms with Gasteiger partial charge < -0.3 is 15.3 Å². The number of amides is 2. The van der Waals surface area contributed by atoms with Gasteiger partial charge >= 0.3 is 6.03 Å². The smallest absolute Gasteiger partial charge is 0.321 e. The quantitative estimate of drug-likeness (QED) is 0.834. The van der Waals surface area contributed by atoms with E-state index < -0.39 is 11.9 Å². The Kier molecular flexibility index (Phi) is 4.27. The topological polar surface area (TPSA) is 52.6 Å². The van der Waals surface area contributed by atoms with E-state index in [0.717, 1.165) is 6.42 Å². The summed E-state index contributed by atoms with van der Waals surface area (Å²) in [5, 5.41) is 12.6. The van der Waals surface area contributed by atoms with Crippen molar-refractivity contribution in [3.8, 4) is 0 Å². The van der Waals surface area contributed by atoms with Crippen LogP contribution in [-0.4, -0.2) is 35.2 Å². The molecule has 2 atom stereocenters. The van der Waals surface area contributed by atoms with Crippen LogP contribution < -0.4 is 5.32 Å². The Labute approximate surface area is 116 Å². The zero-order chi connectivity index (χ0) is 14.0. The average molecular weight is 287 g/mol. The fraction of sp³-hybridized carbons (Fsp3) is 0.462. The summed E-state index contributed by atoms with van der Waals surface area (Å²) in [6, 6.07) is 3.41. The first-order valence-corrected chi connectivity index (χ1v) is 6.54. The van der Waals surface area contributed by atoms with E-state index in [1.54, 1.807) is 0 Å². The molecule has 104 valence electrons. The number of anilines is 1. The van der Waals surface area contributed by atoms with Crippen molar-refractivity contribution in [1.82, 2.24) is 4.90 Å². The monoisotopic (exact) mass is 286 g/mol. The molecular weight excluding hydrogens is 271 g/mol. The minimum absolute atomic E-state index is 0.182. The van der Waals surface area contributed by atoms with Crippen LogP contribution in [0.1, 0.15) is 13.3 Å². The van der Waals surface area contributed by atoms with Gasteiger partial charge in [-0.15, -0.1) is 0 Å². The highest BCUT2D eigenvalue weighted by Gasteiger charge is 2.27. The number of halogens is 2. The highest BCUT2D eigenvalue weighted by Crippen LogP contribution is 2.24. The van der Waals surface area contributed by atoms with Gasteiger partial charge in [-0.05, 0) is 30.5 Å². The number of carbonyl (C=O) groups excluding carboxylic acids is 1. The number of hydrogen-bond acceptors (Lipinski definition) is 2. The minimum Gasteiger partial charge on any atom is -0.391 e. The molecule has 1 aliphatic rings. The summed E-state index contributed by atoms with van der Waals surface area (Å²) in [5.41, 5.74) is 0.236. The maximum Gasteiger partial charge on any atom is 0.321 e. The summed E-state index contributed by atoms with van der Waals surface area (Å²) < 4.78 is 13.1. The van der Waals surface area contributed by atoms with Crippen molar-refractivity contribution in [2.75, 3.05) is 18.4 Å². The third-order valence-corrected chi connectivity index (χ3v) is 3.71. The van der Waals surface area contributed by atoms with Crippen molar-refractivity contribution in [2.45, 2.75) is 19.4 Å². The number of hydrogen-bond donors (Lipinski definition) is 2. The molecule has 1 saturated heterocycles. The first kappa shape index (κ1) is 14.1. The van der Waals surface area contributed by atoms with Crippen LogP contribution in [-0.2, 0) is 0 Å². The summed E-state index contributed by atoms with van der Waals surface area (Å²) in [6.45, 7) is 2.79. The predicted octanol–water partition coefficient (Wildman–Crippen LogP) is 2.71. The minimum atomic E-state index is -0.525. The van der Waals surface area contributed by atoms with Gasteiger partial charge in [-0.2, -0.15) is 0 Å². The molecule has 1 aromatic carbocycles. The SMILES string of the molecule is CC1CCN(C(=O)Nc2cc(F)ccc2Cl)CC1O. The molecule has 0 spiro atoms. The molecule has 19 heavy (non-hydrogen) atoms. The van der Waals surface area contributed by atoms with Gasteiger partial charge in [0, 0.05) is 13.1 Å². The molecule has 1 fully saturated rings. The van der Waals surface area contributed by atoms with Crippen LogP contribution in [0, 0.1) is 11.7 Å². The van der Waals surface area contributed by atoms with Crippen molar-refractivity contribution in [1.29, 1.82) is 0 Å². The molecule has 1 aromatic rings. The summed E-state index contributed by atoms with van der Waals surface area (Å²) in [5.74, 6) is -0.284. The highest BCUT2D eigenvalue weighted by atomic mass is 35.5. The fourth-order valence-electron chi connectivity index (χ4n) is 2.02. The van der Waals surface area contributed by atoms with E-state index >= 15 is 0 Å².